The number of rotatable bonds is 6. The molecule has 2 N–H and O–H groups in total. The second-order valence-corrected chi connectivity index (χ2v) is 5.90. The van der Waals surface area contributed by atoms with Crippen LogP contribution in [0.5, 0.6) is 0 Å². The van der Waals surface area contributed by atoms with Gasteiger partial charge in [0.15, 0.2) is 0 Å². The Morgan fingerprint density at radius 2 is 2.12 bits per heavy atom. The molecule has 0 saturated carbocycles. The Hall–Kier alpha value is -0.120. The number of hydrogen-bond acceptors (Lipinski definition) is 3. The summed E-state index contributed by atoms with van der Waals surface area (Å²) in [5.41, 5.74) is 0.232. The van der Waals surface area contributed by atoms with Crippen molar-refractivity contribution in [2.75, 3.05) is 26.2 Å². The summed E-state index contributed by atoms with van der Waals surface area (Å²) in [6, 6.07) is 0. The minimum atomic E-state index is -0.118. The number of likely N-dealkylation sites (tertiary alicyclic amines) is 1. The van der Waals surface area contributed by atoms with Gasteiger partial charge in [-0.1, -0.05) is 6.92 Å². The SMILES string of the molecule is CCNC(C)(CO)CCN1CCCC1(C)C. The lowest BCUT2D eigenvalue weighted by Crippen LogP contribution is -2.49. The molecule has 0 radical (unpaired) electrons. The fourth-order valence-electron chi connectivity index (χ4n) is 2.61. The molecule has 3 heteroatoms. The van der Waals surface area contributed by atoms with Crippen LogP contribution in [0.25, 0.3) is 0 Å². The van der Waals surface area contributed by atoms with E-state index in [9.17, 15) is 5.11 Å². The zero-order valence-electron chi connectivity index (χ0n) is 11.3. The predicted molar refractivity (Wildman–Crippen MR) is 68.7 cm³/mol. The third-order valence-electron chi connectivity index (χ3n) is 3.96. The van der Waals surface area contributed by atoms with Crippen LogP contribution in [-0.2, 0) is 0 Å². The van der Waals surface area contributed by atoms with Crippen LogP contribution in [-0.4, -0.2) is 47.3 Å². The first-order valence-electron chi connectivity index (χ1n) is 6.54. The van der Waals surface area contributed by atoms with Crippen molar-refractivity contribution in [3.63, 3.8) is 0 Å². The van der Waals surface area contributed by atoms with E-state index in [1.54, 1.807) is 0 Å². The Balaban J connectivity index is 2.43. The molecule has 3 nitrogen and oxygen atoms in total. The molecular formula is C13H28N2O. The number of nitrogens with one attached hydrogen (secondary N) is 1. The van der Waals surface area contributed by atoms with Crippen molar-refractivity contribution < 1.29 is 5.11 Å². The molecule has 96 valence electrons. The van der Waals surface area contributed by atoms with Crippen LogP contribution in [0.3, 0.4) is 0 Å². The van der Waals surface area contributed by atoms with E-state index in [1.807, 2.05) is 0 Å². The number of hydrogen-bond donors (Lipinski definition) is 2. The summed E-state index contributed by atoms with van der Waals surface area (Å²) in [5.74, 6) is 0. The molecule has 0 bridgehead atoms. The van der Waals surface area contributed by atoms with E-state index < -0.39 is 0 Å². The highest BCUT2D eigenvalue weighted by molar-refractivity contribution is 4.90. The Labute approximate surface area is 100 Å². The Bertz CT molecular complexity index is 218. The van der Waals surface area contributed by atoms with E-state index in [1.165, 1.54) is 19.4 Å². The summed E-state index contributed by atoms with van der Waals surface area (Å²) in [7, 11) is 0. The van der Waals surface area contributed by atoms with Crippen molar-refractivity contribution in [2.45, 2.75) is 58.0 Å². The molecule has 0 spiro atoms. The Kier molecular flexibility index (Phi) is 4.77. The second kappa shape index (κ2) is 5.48. The van der Waals surface area contributed by atoms with Crippen LogP contribution in [0.4, 0.5) is 0 Å². The smallest absolute Gasteiger partial charge is 0.0611 e. The van der Waals surface area contributed by atoms with Crippen molar-refractivity contribution in [3.05, 3.63) is 0 Å². The van der Waals surface area contributed by atoms with Crippen LogP contribution >= 0.6 is 0 Å². The fourth-order valence-corrected chi connectivity index (χ4v) is 2.61. The molecule has 1 rings (SSSR count). The third-order valence-corrected chi connectivity index (χ3v) is 3.96. The average Bonchev–Trinajstić information content (AvgIpc) is 2.55. The van der Waals surface area contributed by atoms with E-state index in [0.29, 0.717) is 5.54 Å². The topological polar surface area (TPSA) is 35.5 Å². The van der Waals surface area contributed by atoms with Gasteiger partial charge in [0.25, 0.3) is 0 Å². The number of aliphatic hydroxyl groups excluding tert-OH is 1. The van der Waals surface area contributed by atoms with Gasteiger partial charge in [-0.05, 0) is 53.1 Å². The van der Waals surface area contributed by atoms with Crippen LogP contribution in [0, 0.1) is 0 Å². The van der Waals surface area contributed by atoms with Gasteiger partial charge in [0, 0.05) is 17.6 Å². The summed E-state index contributed by atoms with van der Waals surface area (Å²) in [6.45, 7) is 12.3. The molecule has 1 atom stereocenters. The van der Waals surface area contributed by atoms with Crippen molar-refractivity contribution in [1.82, 2.24) is 10.2 Å². The van der Waals surface area contributed by atoms with Crippen LogP contribution in [0.2, 0.25) is 0 Å². The van der Waals surface area contributed by atoms with Crippen molar-refractivity contribution in [3.8, 4) is 0 Å². The first kappa shape index (κ1) is 13.9. The molecule has 1 aliphatic heterocycles. The maximum absolute atomic E-state index is 9.44. The lowest BCUT2D eigenvalue weighted by molar-refractivity contribution is 0.120. The van der Waals surface area contributed by atoms with E-state index in [0.717, 1.165) is 19.5 Å². The minimum absolute atomic E-state index is 0.118. The first-order chi connectivity index (χ1) is 7.43. The number of aliphatic hydroxyl groups is 1. The zero-order valence-corrected chi connectivity index (χ0v) is 11.3. The van der Waals surface area contributed by atoms with Gasteiger partial charge in [-0.25, -0.2) is 0 Å². The van der Waals surface area contributed by atoms with Crippen molar-refractivity contribution in [1.29, 1.82) is 0 Å². The molecule has 0 aliphatic carbocycles. The number of nitrogens with zero attached hydrogens (tertiary/aromatic N) is 1. The number of likely N-dealkylation sites (N-methyl/N-ethyl adjacent to an activating group) is 1. The summed E-state index contributed by atoms with van der Waals surface area (Å²) in [6.07, 6.45) is 3.62. The van der Waals surface area contributed by atoms with Gasteiger partial charge in [0.1, 0.15) is 0 Å². The normalized spacial score (nSPS) is 24.6. The van der Waals surface area contributed by atoms with Crippen LogP contribution in [0.15, 0.2) is 0 Å². The van der Waals surface area contributed by atoms with Gasteiger partial charge in [-0.15, -0.1) is 0 Å². The highest BCUT2D eigenvalue weighted by Gasteiger charge is 2.33. The van der Waals surface area contributed by atoms with E-state index in [4.69, 9.17) is 0 Å². The fraction of sp³-hybridized carbons (Fsp3) is 1.00. The van der Waals surface area contributed by atoms with E-state index >= 15 is 0 Å². The maximum Gasteiger partial charge on any atom is 0.0611 e. The molecule has 0 aromatic heterocycles. The van der Waals surface area contributed by atoms with Gasteiger partial charge in [-0.2, -0.15) is 0 Å². The van der Waals surface area contributed by atoms with Gasteiger partial charge < -0.3 is 10.4 Å². The summed E-state index contributed by atoms with van der Waals surface area (Å²) >= 11 is 0. The summed E-state index contributed by atoms with van der Waals surface area (Å²) in [4.78, 5) is 2.55. The van der Waals surface area contributed by atoms with E-state index in [-0.39, 0.29) is 12.1 Å². The second-order valence-electron chi connectivity index (χ2n) is 5.90. The van der Waals surface area contributed by atoms with Gasteiger partial charge in [-0.3, -0.25) is 4.90 Å². The molecule has 0 amide bonds. The van der Waals surface area contributed by atoms with E-state index in [2.05, 4.69) is 37.9 Å². The lowest BCUT2D eigenvalue weighted by atomic mass is 9.96. The van der Waals surface area contributed by atoms with Crippen LogP contribution in [0.1, 0.15) is 47.0 Å². The molecule has 1 fully saturated rings. The molecule has 1 unspecified atom stereocenters. The molecule has 0 aromatic carbocycles. The summed E-state index contributed by atoms with van der Waals surface area (Å²) < 4.78 is 0. The third kappa shape index (κ3) is 3.44. The maximum atomic E-state index is 9.44. The minimum Gasteiger partial charge on any atom is -0.394 e. The Morgan fingerprint density at radius 3 is 2.56 bits per heavy atom. The Morgan fingerprint density at radius 1 is 1.44 bits per heavy atom. The quantitative estimate of drug-likeness (QED) is 0.725. The highest BCUT2D eigenvalue weighted by atomic mass is 16.3. The molecule has 0 aromatic rings. The lowest BCUT2D eigenvalue weighted by Gasteiger charge is -2.36. The van der Waals surface area contributed by atoms with Gasteiger partial charge in [0.2, 0.25) is 0 Å². The predicted octanol–water partition coefficient (Wildman–Crippen LogP) is 1.61. The van der Waals surface area contributed by atoms with Crippen molar-refractivity contribution in [2.24, 2.45) is 0 Å². The van der Waals surface area contributed by atoms with Gasteiger partial charge >= 0.3 is 0 Å². The molecule has 1 saturated heterocycles. The first-order valence-corrected chi connectivity index (χ1v) is 6.54. The largest absolute Gasteiger partial charge is 0.394 e. The standard InChI is InChI=1S/C13H28N2O/c1-5-14-13(4,11-16)8-10-15-9-6-7-12(15,2)3/h14,16H,5-11H2,1-4H3. The molecule has 16 heavy (non-hydrogen) atoms. The summed E-state index contributed by atoms with van der Waals surface area (Å²) in [5, 5.41) is 12.8. The molecule has 1 heterocycles. The zero-order chi connectivity index (χ0) is 12.2. The highest BCUT2D eigenvalue weighted by Crippen LogP contribution is 2.28. The van der Waals surface area contributed by atoms with Crippen LogP contribution < -0.4 is 5.32 Å². The molecular weight excluding hydrogens is 200 g/mol. The van der Waals surface area contributed by atoms with Crippen molar-refractivity contribution >= 4 is 0 Å². The average molecular weight is 228 g/mol. The van der Waals surface area contributed by atoms with Gasteiger partial charge in [0.05, 0.1) is 6.61 Å². The monoisotopic (exact) mass is 228 g/mol. The molecule has 1 aliphatic rings.